The van der Waals surface area contributed by atoms with Crippen LogP contribution < -0.4 is 4.90 Å². The van der Waals surface area contributed by atoms with Gasteiger partial charge in [0.05, 0.1) is 5.69 Å². The van der Waals surface area contributed by atoms with E-state index >= 15 is 0 Å². The van der Waals surface area contributed by atoms with Gasteiger partial charge in [-0.2, -0.15) is 0 Å². The minimum atomic E-state index is 0.0897. The van der Waals surface area contributed by atoms with E-state index < -0.39 is 0 Å². The minimum Gasteiger partial charge on any atom is -0.454 e. The molecule has 0 amide bonds. The number of furan rings is 1. The largest absolute Gasteiger partial charge is 0.454 e. The Hall–Kier alpha value is -2.36. The fourth-order valence-corrected chi connectivity index (χ4v) is 3.53. The van der Waals surface area contributed by atoms with Crippen LogP contribution >= 0.6 is 0 Å². The van der Waals surface area contributed by atoms with Crippen molar-refractivity contribution < 1.29 is 4.42 Å². The highest BCUT2D eigenvalue weighted by atomic mass is 16.3. The molecule has 0 radical (unpaired) electrons. The van der Waals surface area contributed by atoms with E-state index in [0.717, 1.165) is 16.9 Å². The third kappa shape index (κ3) is 2.13. The summed E-state index contributed by atoms with van der Waals surface area (Å²) in [6.45, 7) is 6.70. The molecule has 1 unspecified atom stereocenters. The first-order valence-electron chi connectivity index (χ1n) is 8.12. The molecule has 2 aromatic carbocycles. The number of hydrogen-bond donors (Lipinski definition) is 0. The van der Waals surface area contributed by atoms with Crippen LogP contribution in [0.1, 0.15) is 20.8 Å². The molecule has 1 aliphatic rings. The molecule has 0 aliphatic carbocycles. The molecule has 0 saturated heterocycles. The molecule has 23 heavy (non-hydrogen) atoms. The molecule has 116 valence electrons. The Morgan fingerprint density at radius 2 is 1.74 bits per heavy atom. The van der Waals surface area contributed by atoms with Crippen LogP contribution in [-0.2, 0) is 0 Å². The van der Waals surface area contributed by atoms with E-state index in [4.69, 9.17) is 4.42 Å². The zero-order chi connectivity index (χ0) is 16.2. The van der Waals surface area contributed by atoms with Gasteiger partial charge in [0.15, 0.2) is 5.58 Å². The van der Waals surface area contributed by atoms with Gasteiger partial charge in [0.1, 0.15) is 19.6 Å². The lowest BCUT2D eigenvalue weighted by molar-refractivity contribution is 0.228. The molecule has 3 nitrogen and oxygen atoms in total. The molecule has 0 N–H and O–H groups in total. The predicted octanol–water partition coefficient (Wildman–Crippen LogP) is 3.89. The summed E-state index contributed by atoms with van der Waals surface area (Å²) in [5.74, 6) is 0. The molecular formula is C19H21BN2O. The SMILES string of the molecule is BC(C)(C)N1C=CN(c2cccc3c2oc2ccccc23)C1C. The highest BCUT2D eigenvalue weighted by Gasteiger charge is 2.32. The molecule has 0 spiro atoms. The van der Waals surface area contributed by atoms with Gasteiger partial charge in [-0.25, -0.2) is 0 Å². The summed E-state index contributed by atoms with van der Waals surface area (Å²) < 4.78 is 6.17. The maximum atomic E-state index is 6.17. The topological polar surface area (TPSA) is 19.6 Å². The lowest BCUT2D eigenvalue weighted by atomic mass is 9.80. The minimum absolute atomic E-state index is 0.0897. The molecule has 0 bridgehead atoms. The second-order valence-corrected chi connectivity index (χ2v) is 7.17. The van der Waals surface area contributed by atoms with Gasteiger partial charge in [-0.3, -0.25) is 0 Å². The lowest BCUT2D eigenvalue weighted by Gasteiger charge is -2.39. The van der Waals surface area contributed by atoms with Crippen LogP contribution in [0.2, 0.25) is 0 Å². The number of anilines is 1. The fourth-order valence-electron chi connectivity index (χ4n) is 3.53. The first-order chi connectivity index (χ1) is 11.0. The van der Waals surface area contributed by atoms with Crippen LogP contribution in [0.4, 0.5) is 5.69 Å². The Morgan fingerprint density at radius 1 is 1.00 bits per heavy atom. The molecular weight excluding hydrogens is 283 g/mol. The number of para-hydroxylation sites is 2. The van der Waals surface area contributed by atoms with Crippen LogP contribution in [0.15, 0.2) is 59.3 Å². The Kier molecular flexibility index (Phi) is 2.99. The van der Waals surface area contributed by atoms with E-state index in [1.165, 1.54) is 10.8 Å². The smallest absolute Gasteiger partial charge is 0.159 e. The van der Waals surface area contributed by atoms with Gasteiger partial charge in [-0.1, -0.05) is 30.3 Å². The van der Waals surface area contributed by atoms with Crippen molar-refractivity contribution in [1.82, 2.24) is 4.90 Å². The highest BCUT2D eigenvalue weighted by molar-refractivity contribution is 6.15. The first-order valence-corrected chi connectivity index (χ1v) is 8.12. The summed E-state index contributed by atoms with van der Waals surface area (Å²) in [7, 11) is 2.24. The van der Waals surface area contributed by atoms with E-state index in [9.17, 15) is 0 Å². The lowest BCUT2D eigenvalue weighted by Crippen LogP contribution is -2.48. The van der Waals surface area contributed by atoms with Gasteiger partial charge in [0.25, 0.3) is 0 Å². The molecule has 1 aliphatic heterocycles. The van der Waals surface area contributed by atoms with Crippen LogP contribution in [0.3, 0.4) is 0 Å². The maximum absolute atomic E-state index is 6.17. The van der Waals surface area contributed by atoms with Crippen molar-refractivity contribution >= 4 is 35.5 Å². The summed E-state index contributed by atoms with van der Waals surface area (Å²) in [4.78, 5) is 4.66. The van der Waals surface area contributed by atoms with Crippen LogP contribution in [0.25, 0.3) is 21.9 Å². The fraction of sp³-hybridized carbons (Fsp3) is 0.263. The van der Waals surface area contributed by atoms with Crippen LogP contribution in [0.5, 0.6) is 0 Å². The standard InChI is InChI=1S/C19H21BN2O/c1-13-21(11-12-22(13)19(2,3)20)16-9-6-8-15-14-7-4-5-10-17(14)23-18(15)16/h4-13H,20H2,1-3H3. The Morgan fingerprint density at radius 3 is 2.48 bits per heavy atom. The monoisotopic (exact) mass is 304 g/mol. The van der Waals surface area contributed by atoms with Gasteiger partial charge in [-0.05, 0) is 32.9 Å². The second-order valence-electron chi connectivity index (χ2n) is 7.17. The molecule has 1 aromatic heterocycles. The zero-order valence-electron chi connectivity index (χ0n) is 14.1. The summed E-state index contributed by atoms with van der Waals surface area (Å²) >= 11 is 0. The third-order valence-electron chi connectivity index (χ3n) is 4.63. The Labute approximate surface area is 137 Å². The number of hydrogen-bond acceptors (Lipinski definition) is 3. The van der Waals surface area contributed by atoms with Gasteiger partial charge in [0.2, 0.25) is 0 Å². The number of benzene rings is 2. The molecule has 4 rings (SSSR count). The van der Waals surface area contributed by atoms with Crippen molar-refractivity contribution in [3.63, 3.8) is 0 Å². The van der Waals surface area contributed by atoms with E-state index in [1.54, 1.807) is 0 Å². The molecule has 0 saturated carbocycles. The van der Waals surface area contributed by atoms with Crippen LogP contribution in [-0.4, -0.2) is 24.4 Å². The van der Waals surface area contributed by atoms with Crippen molar-refractivity contribution in [2.75, 3.05) is 4.90 Å². The molecule has 0 fully saturated rings. The van der Waals surface area contributed by atoms with E-state index in [1.807, 2.05) is 12.1 Å². The summed E-state index contributed by atoms with van der Waals surface area (Å²) in [6, 6.07) is 14.6. The molecule has 3 aromatic rings. The van der Waals surface area contributed by atoms with Crippen molar-refractivity contribution in [3.8, 4) is 0 Å². The average Bonchev–Trinajstić information content (AvgIpc) is 3.07. The molecule has 2 heterocycles. The summed E-state index contributed by atoms with van der Waals surface area (Å²) in [5, 5.41) is 2.35. The zero-order valence-corrected chi connectivity index (χ0v) is 14.1. The average molecular weight is 304 g/mol. The normalized spacial score (nSPS) is 18.5. The number of nitrogens with zero attached hydrogens (tertiary/aromatic N) is 2. The van der Waals surface area contributed by atoms with Gasteiger partial charge in [0, 0.05) is 28.6 Å². The van der Waals surface area contributed by atoms with Crippen molar-refractivity contribution in [2.24, 2.45) is 0 Å². The van der Waals surface area contributed by atoms with Crippen molar-refractivity contribution in [3.05, 3.63) is 54.9 Å². The third-order valence-corrected chi connectivity index (χ3v) is 4.63. The number of fused-ring (bicyclic) bond motifs is 3. The van der Waals surface area contributed by atoms with E-state index in [2.05, 4.69) is 81.1 Å². The summed E-state index contributed by atoms with van der Waals surface area (Å²) in [5.41, 5.74) is 3.11. The second kappa shape index (κ2) is 4.82. The Balaban J connectivity index is 1.86. The van der Waals surface area contributed by atoms with Gasteiger partial charge >= 0.3 is 0 Å². The van der Waals surface area contributed by atoms with Gasteiger partial charge in [-0.15, -0.1) is 0 Å². The quantitative estimate of drug-likeness (QED) is 0.670. The Bertz CT molecular complexity index is 907. The first kappa shape index (κ1) is 14.3. The van der Waals surface area contributed by atoms with E-state index in [-0.39, 0.29) is 11.6 Å². The van der Waals surface area contributed by atoms with Crippen molar-refractivity contribution in [2.45, 2.75) is 32.4 Å². The van der Waals surface area contributed by atoms with Crippen molar-refractivity contribution in [1.29, 1.82) is 0 Å². The van der Waals surface area contributed by atoms with Gasteiger partial charge < -0.3 is 14.2 Å². The highest BCUT2D eigenvalue weighted by Crippen LogP contribution is 2.38. The molecule has 1 atom stereocenters. The summed E-state index contributed by atoms with van der Waals surface area (Å²) in [6.07, 6.45) is 4.58. The van der Waals surface area contributed by atoms with E-state index in [0.29, 0.717) is 0 Å². The maximum Gasteiger partial charge on any atom is 0.159 e. The van der Waals surface area contributed by atoms with Crippen LogP contribution in [0, 0.1) is 0 Å². The predicted molar refractivity (Wildman–Crippen MR) is 99.3 cm³/mol. The molecule has 4 heteroatoms. The number of rotatable bonds is 2.